The summed E-state index contributed by atoms with van der Waals surface area (Å²) in [5.41, 5.74) is 0.826. The molecule has 0 N–H and O–H groups in total. The first-order valence-corrected chi connectivity index (χ1v) is 9.53. The van der Waals surface area contributed by atoms with Gasteiger partial charge in [-0.1, -0.05) is 13.2 Å². The second kappa shape index (κ2) is 10.1. The molecule has 0 radical (unpaired) electrons. The van der Waals surface area contributed by atoms with Gasteiger partial charge >= 0.3 is 0 Å². The van der Waals surface area contributed by atoms with Crippen LogP contribution in [0.3, 0.4) is 0 Å². The smallest absolute Gasteiger partial charge is 0.116 e. The summed E-state index contributed by atoms with van der Waals surface area (Å²) in [5, 5.41) is 0. The molecule has 0 spiro atoms. The Bertz CT molecular complexity index is 460. The van der Waals surface area contributed by atoms with E-state index in [0.29, 0.717) is 0 Å². The van der Waals surface area contributed by atoms with Gasteiger partial charge in [-0.2, -0.15) is 0 Å². The van der Waals surface area contributed by atoms with Gasteiger partial charge in [0.25, 0.3) is 0 Å². The number of allylic oxidation sites excluding steroid dienone is 3. The molecule has 2 aliphatic rings. The zero-order chi connectivity index (χ0) is 18.2. The van der Waals surface area contributed by atoms with Crippen LogP contribution >= 0.6 is 0 Å². The lowest BCUT2D eigenvalue weighted by atomic mass is 10.0. The third kappa shape index (κ3) is 6.92. The summed E-state index contributed by atoms with van der Waals surface area (Å²) >= 11 is 0. The second-order valence-corrected chi connectivity index (χ2v) is 7.46. The molecule has 142 valence electrons. The Kier molecular flexibility index (Phi) is 8.13. The van der Waals surface area contributed by atoms with Gasteiger partial charge in [0.2, 0.25) is 0 Å². The lowest BCUT2D eigenvalue weighted by Crippen LogP contribution is -2.52. The number of likely N-dealkylation sites (tertiary alicyclic amines) is 1. The van der Waals surface area contributed by atoms with E-state index in [2.05, 4.69) is 39.8 Å². The van der Waals surface area contributed by atoms with Crippen LogP contribution in [0.2, 0.25) is 0 Å². The van der Waals surface area contributed by atoms with Crippen LogP contribution in [0.1, 0.15) is 19.3 Å². The Morgan fingerprint density at radius 2 is 1.72 bits per heavy atom. The van der Waals surface area contributed by atoms with Crippen molar-refractivity contribution in [2.24, 2.45) is 0 Å². The fraction of sp³-hybridized carbons (Fsp3) is 0.700. The minimum atomic E-state index is -0.433. The Morgan fingerprint density at radius 1 is 1.08 bits per heavy atom. The monoisotopic (exact) mass is 350 g/mol. The van der Waals surface area contributed by atoms with Gasteiger partial charge in [-0.3, -0.25) is 4.90 Å². The van der Waals surface area contributed by atoms with Crippen LogP contribution in [0.4, 0.5) is 4.39 Å². The topological polar surface area (TPSA) is 13.0 Å². The number of rotatable bonds is 8. The Labute approximate surface area is 153 Å². The van der Waals surface area contributed by atoms with E-state index in [4.69, 9.17) is 0 Å². The third-order valence-corrected chi connectivity index (χ3v) is 5.53. The molecular weight excluding hydrogens is 315 g/mol. The van der Waals surface area contributed by atoms with E-state index in [9.17, 15) is 4.39 Å². The first-order chi connectivity index (χ1) is 12.0. The highest BCUT2D eigenvalue weighted by Crippen LogP contribution is 2.18. The molecule has 0 unspecified atom stereocenters. The third-order valence-electron chi connectivity index (χ3n) is 5.53. The van der Waals surface area contributed by atoms with Crippen LogP contribution < -0.4 is 0 Å². The minimum Gasteiger partial charge on any atom is -0.375 e. The van der Waals surface area contributed by atoms with Crippen molar-refractivity contribution in [2.75, 3.05) is 66.5 Å². The summed E-state index contributed by atoms with van der Waals surface area (Å²) in [6.45, 7) is 16.6. The summed E-state index contributed by atoms with van der Waals surface area (Å²) < 4.78 is 12.7. The first kappa shape index (κ1) is 20.1. The summed E-state index contributed by atoms with van der Waals surface area (Å²) in [6, 6.07) is 0.784. The van der Waals surface area contributed by atoms with Gasteiger partial charge in [0, 0.05) is 51.5 Å². The minimum absolute atomic E-state index is 0.433. The Morgan fingerprint density at radius 3 is 2.32 bits per heavy atom. The number of likely N-dealkylation sites (N-methyl/N-ethyl adjacent to an activating group) is 2. The van der Waals surface area contributed by atoms with Gasteiger partial charge in [-0.25, -0.2) is 4.39 Å². The number of halogens is 1. The Hall–Kier alpha value is -1.17. The van der Waals surface area contributed by atoms with Crippen molar-refractivity contribution in [3.8, 4) is 0 Å². The molecule has 0 bridgehead atoms. The molecule has 0 atom stereocenters. The summed E-state index contributed by atoms with van der Waals surface area (Å²) in [6.07, 6.45) is 6.76. The summed E-state index contributed by atoms with van der Waals surface area (Å²) in [7, 11) is 4.22. The molecule has 2 saturated heterocycles. The normalized spacial score (nSPS) is 21.7. The molecule has 4 nitrogen and oxygen atoms in total. The second-order valence-electron chi connectivity index (χ2n) is 7.46. The highest BCUT2D eigenvalue weighted by atomic mass is 19.1. The lowest BCUT2D eigenvalue weighted by molar-refractivity contribution is 0.0670. The van der Waals surface area contributed by atoms with Crippen LogP contribution in [-0.4, -0.2) is 92.1 Å². The van der Waals surface area contributed by atoms with Crippen molar-refractivity contribution >= 4 is 0 Å². The zero-order valence-electron chi connectivity index (χ0n) is 16.1. The molecule has 0 amide bonds. The molecule has 0 aromatic carbocycles. The number of piperidine rings is 1. The maximum Gasteiger partial charge on any atom is 0.116 e. The molecular formula is C20H35FN4. The first-order valence-electron chi connectivity index (χ1n) is 9.53. The molecule has 0 aromatic heterocycles. The van der Waals surface area contributed by atoms with Crippen molar-refractivity contribution in [1.29, 1.82) is 0 Å². The van der Waals surface area contributed by atoms with Gasteiger partial charge in [0.05, 0.1) is 0 Å². The predicted octanol–water partition coefficient (Wildman–Crippen LogP) is 2.57. The van der Waals surface area contributed by atoms with Crippen LogP contribution in [-0.2, 0) is 0 Å². The fourth-order valence-corrected chi connectivity index (χ4v) is 3.68. The average Bonchev–Trinajstić information content (AvgIpc) is 2.61. The number of nitrogens with zero attached hydrogens (tertiary/aromatic N) is 4. The van der Waals surface area contributed by atoms with Crippen LogP contribution in [0.25, 0.3) is 0 Å². The van der Waals surface area contributed by atoms with Gasteiger partial charge in [-0.15, -0.1) is 0 Å². The number of hydrogen-bond donors (Lipinski definition) is 0. The molecule has 0 saturated carbocycles. The van der Waals surface area contributed by atoms with E-state index in [-0.39, 0.29) is 0 Å². The average molecular weight is 351 g/mol. The molecule has 5 heteroatoms. The van der Waals surface area contributed by atoms with E-state index in [1.165, 1.54) is 58.2 Å². The molecule has 0 aromatic rings. The molecule has 2 heterocycles. The molecule has 0 aliphatic carbocycles. The van der Waals surface area contributed by atoms with Crippen molar-refractivity contribution in [2.45, 2.75) is 25.3 Å². The Balaban J connectivity index is 1.60. The van der Waals surface area contributed by atoms with Crippen LogP contribution in [0.5, 0.6) is 0 Å². The molecule has 2 aliphatic heterocycles. The van der Waals surface area contributed by atoms with Crippen molar-refractivity contribution in [3.05, 3.63) is 36.8 Å². The quantitative estimate of drug-likeness (QED) is 0.624. The van der Waals surface area contributed by atoms with E-state index in [0.717, 1.165) is 31.2 Å². The largest absolute Gasteiger partial charge is 0.375 e. The fourth-order valence-electron chi connectivity index (χ4n) is 3.68. The van der Waals surface area contributed by atoms with Gasteiger partial charge in [-0.05, 0) is 58.1 Å². The van der Waals surface area contributed by atoms with Crippen molar-refractivity contribution in [1.82, 2.24) is 19.6 Å². The predicted molar refractivity (Wildman–Crippen MR) is 104 cm³/mol. The highest BCUT2D eigenvalue weighted by molar-refractivity contribution is 5.19. The molecule has 25 heavy (non-hydrogen) atoms. The van der Waals surface area contributed by atoms with Crippen molar-refractivity contribution < 1.29 is 4.39 Å². The standard InChI is InChI=1S/C20H35FN4/c1-18(21)6-7-19(2)23(4)10-5-11-24-12-8-20(9-13-24)25-16-14-22(3)15-17-25/h6-7,20H,1-2,5,8-17H2,3-4H3/b7-6-. The van der Waals surface area contributed by atoms with E-state index in [1.54, 1.807) is 6.08 Å². The van der Waals surface area contributed by atoms with Crippen LogP contribution in [0, 0.1) is 0 Å². The highest BCUT2D eigenvalue weighted by Gasteiger charge is 2.26. The van der Waals surface area contributed by atoms with E-state index < -0.39 is 5.83 Å². The molecule has 2 fully saturated rings. The SMILES string of the molecule is C=C(F)/C=C\C(=C)N(C)CCCN1CCC(N2CCN(C)CC2)CC1. The van der Waals surface area contributed by atoms with E-state index in [1.807, 2.05) is 7.05 Å². The van der Waals surface area contributed by atoms with Gasteiger partial charge in [0.1, 0.15) is 5.83 Å². The maximum absolute atomic E-state index is 12.7. The lowest BCUT2D eigenvalue weighted by Gasteiger charge is -2.42. The number of piperazine rings is 1. The zero-order valence-corrected chi connectivity index (χ0v) is 16.1. The van der Waals surface area contributed by atoms with E-state index >= 15 is 0 Å². The van der Waals surface area contributed by atoms with Gasteiger partial charge < -0.3 is 14.7 Å². The molecule has 2 rings (SSSR count). The van der Waals surface area contributed by atoms with Gasteiger partial charge in [0.15, 0.2) is 0 Å². The van der Waals surface area contributed by atoms with Crippen molar-refractivity contribution in [3.63, 3.8) is 0 Å². The number of hydrogen-bond acceptors (Lipinski definition) is 4. The van der Waals surface area contributed by atoms with Crippen LogP contribution in [0.15, 0.2) is 36.8 Å². The maximum atomic E-state index is 12.7. The summed E-state index contributed by atoms with van der Waals surface area (Å²) in [5.74, 6) is -0.433. The summed E-state index contributed by atoms with van der Waals surface area (Å²) in [4.78, 5) is 9.79.